The maximum absolute atomic E-state index is 12.8. The summed E-state index contributed by atoms with van der Waals surface area (Å²) in [7, 11) is 2.13. The van der Waals surface area contributed by atoms with Gasteiger partial charge in [0, 0.05) is 30.0 Å². The van der Waals surface area contributed by atoms with Gasteiger partial charge in [0.1, 0.15) is 17.4 Å². The zero-order chi connectivity index (χ0) is 22.8. The molecule has 0 radical (unpaired) electrons. The molecule has 0 spiro atoms. The first-order chi connectivity index (χ1) is 14.7. The van der Waals surface area contributed by atoms with Gasteiger partial charge in [0.25, 0.3) is 5.91 Å². The molecule has 1 N–H and O–H groups in total. The quantitative estimate of drug-likeness (QED) is 0.503. The molecule has 1 aliphatic heterocycles. The van der Waals surface area contributed by atoms with E-state index in [4.69, 9.17) is 4.74 Å². The molecule has 1 heterocycles. The van der Waals surface area contributed by atoms with Crippen molar-refractivity contribution in [1.29, 1.82) is 5.26 Å². The number of nitrogens with one attached hydrogen (secondary N) is 1. The van der Waals surface area contributed by atoms with Crippen molar-refractivity contribution in [3.63, 3.8) is 0 Å². The Morgan fingerprint density at radius 1 is 1.35 bits per heavy atom. The minimum Gasteiger partial charge on any atom is -0.494 e. The molecule has 3 rings (SSSR count). The molecular formula is C26H31N3O2. The van der Waals surface area contributed by atoms with Crippen LogP contribution in [0.15, 0.2) is 42.0 Å². The number of hydrogen-bond acceptors (Lipinski definition) is 4. The van der Waals surface area contributed by atoms with Crippen LogP contribution in [0.2, 0.25) is 0 Å². The van der Waals surface area contributed by atoms with Crippen LogP contribution in [0, 0.1) is 18.3 Å². The summed E-state index contributed by atoms with van der Waals surface area (Å²) in [5.74, 6) is 0.642. The van der Waals surface area contributed by atoms with E-state index in [1.807, 2.05) is 26.0 Å². The minimum atomic E-state index is -0.431. The Morgan fingerprint density at radius 3 is 2.77 bits per heavy atom. The van der Waals surface area contributed by atoms with Crippen LogP contribution in [-0.2, 0) is 4.79 Å². The van der Waals surface area contributed by atoms with E-state index in [-0.39, 0.29) is 11.1 Å². The summed E-state index contributed by atoms with van der Waals surface area (Å²) in [5.41, 5.74) is 5.15. The van der Waals surface area contributed by atoms with E-state index in [1.165, 1.54) is 11.3 Å². The zero-order valence-electron chi connectivity index (χ0n) is 19.2. The largest absolute Gasteiger partial charge is 0.494 e. The number of ether oxygens (including phenoxy) is 1. The van der Waals surface area contributed by atoms with Gasteiger partial charge in [-0.1, -0.05) is 13.0 Å². The van der Waals surface area contributed by atoms with Crippen LogP contribution in [0.3, 0.4) is 0 Å². The predicted molar refractivity (Wildman–Crippen MR) is 127 cm³/mol. The molecule has 1 aliphatic rings. The lowest BCUT2D eigenvalue weighted by molar-refractivity contribution is -0.112. The van der Waals surface area contributed by atoms with Gasteiger partial charge >= 0.3 is 0 Å². The molecule has 0 saturated carbocycles. The molecule has 0 aliphatic carbocycles. The second kappa shape index (κ2) is 8.85. The number of benzene rings is 2. The predicted octanol–water partition coefficient (Wildman–Crippen LogP) is 5.66. The Hall–Kier alpha value is -3.26. The third-order valence-corrected chi connectivity index (χ3v) is 6.09. The number of amides is 1. The summed E-state index contributed by atoms with van der Waals surface area (Å²) in [6.45, 7) is 11.2. The van der Waals surface area contributed by atoms with Crippen LogP contribution in [0.4, 0.5) is 11.4 Å². The Balaban J connectivity index is 1.91. The van der Waals surface area contributed by atoms with Crippen molar-refractivity contribution in [3.05, 3.63) is 58.7 Å². The Morgan fingerprint density at radius 2 is 2.10 bits per heavy atom. The Labute approximate surface area is 185 Å². The highest BCUT2D eigenvalue weighted by atomic mass is 16.5. The third kappa shape index (κ3) is 4.74. The number of carbonyl (C=O) groups is 1. The van der Waals surface area contributed by atoms with Crippen molar-refractivity contribution < 1.29 is 9.53 Å². The van der Waals surface area contributed by atoms with Crippen molar-refractivity contribution in [2.45, 2.75) is 52.5 Å². The second-order valence-corrected chi connectivity index (χ2v) is 8.83. The summed E-state index contributed by atoms with van der Waals surface area (Å²) in [6.07, 6.45) is 2.73. The highest BCUT2D eigenvalue weighted by Crippen LogP contribution is 2.43. The summed E-state index contributed by atoms with van der Waals surface area (Å²) in [4.78, 5) is 15.1. The van der Waals surface area contributed by atoms with Gasteiger partial charge in [-0.25, -0.2) is 0 Å². The lowest BCUT2D eigenvalue weighted by atomic mass is 9.79. The molecule has 2 aromatic carbocycles. The highest BCUT2D eigenvalue weighted by Gasteiger charge is 2.34. The molecule has 31 heavy (non-hydrogen) atoms. The molecular weight excluding hydrogens is 386 g/mol. The van der Waals surface area contributed by atoms with Crippen molar-refractivity contribution in [3.8, 4) is 11.8 Å². The van der Waals surface area contributed by atoms with Gasteiger partial charge in [0.05, 0.1) is 6.61 Å². The van der Waals surface area contributed by atoms with E-state index in [0.717, 1.165) is 17.5 Å². The third-order valence-electron chi connectivity index (χ3n) is 6.09. The summed E-state index contributed by atoms with van der Waals surface area (Å²) in [5, 5.41) is 12.5. The molecule has 0 bridgehead atoms. The normalized spacial score (nSPS) is 17.5. The number of aryl methyl sites for hydroxylation is 1. The van der Waals surface area contributed by atoms with Gasteiger partial charge in [-0.15, -0.1) is 0 Å². The van der Waals surface area contributed by atoms with E-state index in [9.17, 15) is 10.1 Å². The van der Waals surface area contributed by atoms with Crippen LogP contribution >= 0.6 is 0 Å². The average Bonchev–Trinajstić information content (AvgIpc) is 2.71. The first-order valence-electron chi connectivity index (χ1n) is 10.7. The molecule has 5 nitrogen and oxygen atoms in total. The zero-order valence-corrected chi connectivity index (χ0v) is 19.2. The fraction of sp³-hybridized carbons (Fsp3) is 0.385. The van der Waals surface area contributed by atoms with Crippen LogP contribution in [0.5, 0.6) is 5.75 Å². The molecule has 5 heteroatoms. The van der Waals surface area contributed by atoms with Crippen molar-refractivity contribution in [2.75, 3.05) is 23.9 Å². The monoisotopic (exact) mass is 417 g/mol. The van der Waals surface area contributed by atoms with E-state index in [0.29, 0.717) is 24.0 Å². The topological polar surface area (TPSA) is 65.4 Å². The lowest BCUT2D eigenvalue weighted by Gasteiger charge is -2.45. The van der Waals surface area contributed by atoms with Crippen molar-refractivity contribution in [2.24, 2.45) is 0 Å². The molecule has 0 saturated heterocycles. The van der Waals surface area contributed by atoms with Gasteiger partial charge in [-0.2, -0.15) is 5.26 Å². The summed E-state index contributed by atoms with van der Waals surface area (Å²) >= 11 is 0. The molecule has 0 fully saturated rings. The molecule has 0 aromatic heterocycles. The average molecular weight is 418 g/mol. The summed E-state index contributed by atoms with van der Waals surface area (Å²) in [6, 6.07) is 13.5. The number of fused-ring (bicyclic) bond motifs is 1. The van der Waals surface area contributed by atoms with Gasteiger partial charge < -0.3 is 15.0 Å². The lowest BCUT2D eigenvalue weighted by Crippen LogP contribution is -2.45. The minimum absolute atomic E-state index is 0.0713. The Kier molecular flexibility index (Phi) is 6.40. The van der Waals surface area contributed by atoms with Crippen LogP contribution < -0.4 is 15.0 Å². The number of nitriles is 1. The van der Waals surface area contributed by atoms with Gasteiger partial charge in [-0.05, 0) is 87.1 Å². The van der Waals surface area contributed by atoms with E-state index in [2.05, 4.69) is 56.2 Å². The van der Waals surface area contributed by atoms with Crippen LogP contribution in [-0.4, -0.2) is 25.1 Å². The maximum Gasteiger partial charge on any atom is 0.266 e. The molecule has 2 aromatic rings. The van der Waals surface area contributed by atoms with Crippen LogP contribution in [0.1, 0.15) is 56.7 Å². The highest BCUT2D eigenvalue weighted by molar-refractivity contribution is 6.09. The fourth-order valence-electron chi connectivity index (χ4n) is 4.22. The van der Waals surface area contributed by atoms with Crippen molar-refractivity contribution >= 4 is 23.4 Å². The number of rotatable bonds is 5. The maximum atomic E-state index is 12.8. The van der Waals surface area contributed by atoms with E-state index < -0.39 is 5.91 Å². The number of anilines is 2. The standard InChI is InChI=1S/C26H31N3O2/c1-7-31-22-10-8-9-21(14-22)28-25(30)20(16-27)12-19-13-23-18(3)15-26(4,5)29(6)24(23)11-17(19)2/h8-14,18H,7,15H2,1-6H3,(H,28,30)/b20-12+. The second-order valence-electron chi connectivity index (χ2n) is 8.83. The Bertz CT molecular complexity index is 1060. The molecule has 162 valence electrons. The van der Waals surface area contributed by atoms with E-state index >= 15 is 0 Å². The first kappa shape index (κ1) is 22.4. The number of carbonyl (C=O) groups excluding carboxylic acids is 1. The van der Waals surface area contributed by atoms with Crippen molar-refractivity contribution in [1.82, 2.24) is 0 Å². The molecule has 1 atom stereocenters. The van der Waals surface area contributed by atoms with Gasteiger partial charge in [0.2, 0.25) is 0 Å². The fourth-order valence-corrected chi connectivity index (χ4v) is 4.22. The van der Waals surface area contributed by atoms with Gasteiger partial charge in [-0.3, -0.25) is 4.79 Å². The summed E-state index contributed by atoms with van der Waals surface area (Å²) < 4.78 is 5.48. The number of hydrogen-bond donors (Lipinski definition) is 1. The van der Waals surface area contributed by atoms with Crippen LogP contribution in [0.25, 0.3) is 6.08 Å². The first-order valence-corrected chi connectivity index (χ1v) is 10.7. The SMILES string of the molecule is CCOc1cccc(NC(=O)/C(C#N)=C/c2cc3c(cc2C)N(C)C(C)(C)CC3C)c1. The number of nitrogens with zero attached hydrogens (tertiary/aromatic N) is 2. The molecule has 1 amide bonds. The van der Waals surface area contributed by atoms with Gasteiger partial charge in [0.15, 0.2) is 0 Å². The van der Waals surface area contributed by atoms with E-state index in [1.54, 1.807) is 18.2 Å². The smallest absolute Gasteiger partial charge is 0.266 e. The molecule has 1 unspecified atom stereocenters.